The summed E-state index contributed by atoms with van der Waals surface area (Å²) in [5, 5.41) is 7.05. The fourth-order valence-electron chi connectivity index (χ4n) is 2.20. The van der Waals surface area contributed by atoms with Crippen LogP contribution in [0.5, 0.6) is 0 Å². The predicted molar refractivity (Wildman–Crippen MR) is 76.0 cm³/mol. The van der Waals surface area contributed by atoms with Gasteiger partial charge in [0.2, 0.25) is 0 Å². The summed E-state index contributed by atoms with van der Waals surface area (Å²) in [6, 6.07) is 9.53. The Kier molecular flexibility index (Phi) is 6.56. The van der Waals surface area contributed by atoms with Crippen LogP contribution in [-0.4, -0.2) is 25.7 Å². The molecule has 0 radical (unpaired) electrons. The van der Waals surface area contributed by atoms with Gasteiger partial charge in [0.25, 0.3) is 0 Å². The first-order valence-electron chi connectivity index (χ1n) is 6.34. The third-order valence-corrected chi connectivity index (χ3v) is 3.26. The van der Waals surface area contributed by atoms with Gasteiger partial charge in [0.1, 0.15) is 0 Å². The number of hydrogen-bond donors (Lipinski definition) is 2. The molecule has 2 N–H and O–H groups in total. The van der Waals surface area contributed by atoms with Crippen LogP contribution < -0.4 is 10.6 Å². The lowest BCUT2D eigenvalue weighted by atomic mass is 10.1. The van der Waals surface area contributed by atoms with Crippen molar-refractivity contribution in [3.05, 3.63) is 35.4 Å². The molecule has 17 heavy (non-hydrogen) atoms. The minimum atomic E-state index is 0. The first-order valence-corrected chi connectivity index (χ1v) is 6.34. The minimum absolute atomic E-state index is 0. The monoisotopic (exact) mass is 254 g/mol. The second-order valence-electron chi connectivity index (χ2n) is 4.73. The molecule has 2 rings (SSSR count). The summed E-state index contributed by atoms with van der Waals surface area (Å²) < 4.78 is 0. The van der Waals surface area contributed by atoms with Crippen molar-refractivity contribution >= 4 is 12.4 Å². The Morgan fingerprint density at radius 1 is 1.29 bits per heavy atom. The van der Waals surface area contributed by atoms with Crippen molar-refractivity contribution < 1.29 is 0 Å². The summed E-state index contributed by atoms with van der Waals surface area (Å²) in [7, 11) is 0. The minimum Gasteiger partial charge on any atom is -0.315 e. The van der Waals surface area contributed by atoms with Crippen LogP contribution in [0.4, 0.5) is 0 Å². The molecule has 1 aromatic carbocycles. The van der Waals surface area contributed by atoms with Gasteiger partial charge in [0.05, 0.1) is 0 Å². The zero-order valence-corrected chi connectivity index (χ0v) is 11.4. The molecule has 1 aromatic rings. The van der Waals surface area contributed by atoms with Crippen molar-refractivity contribution in [1.82, 2.24) is 10.6 Å². The Morgan fingerprint density at radius 2 is 2.06 bits per heavy atom. The third kappa shape index (κ3) is 5.07. The van der Waals surface area contributed by atoms with Gasteiger partial charge in [0.15, 0.2) is 0 Å². The van der Waals surface area contributed by atoms with E-state index in [0.717, 1.165) is 19.5 Å². The van der Waals surface area contributed by atoms with Gasteiger partial charge in [-0.1, -0.05) is 29.8 Å². The number of benzene rings is 1. The SMILES string of the molecule is Cc1ccc(CCNC2CCCNC2)cc1.Cl. The van der Waals surface area contributed by atoms with Gasteiger partial charge in [-0.2, -0.15) is 0 Å². The molecular weight excluding hydrogens is 232 g/mol. The van der Waals surface area contributed by atoms with Crippen molar-refractivity contribution in [2.45, 2.75) is 32.2 Å². The summed E-state index contributed by atoms with van der Waals surface area (Å²) in [5.74, 6) is 0. The number of hydrogen-bond acceptors (Lipinski definition) is 2. The normalized spacial score (nSPS) is 19.7. The summed E-state index contributed by atoms with van der Waals surface area (Å²) in [5.41, 5.74) is 2.77. The van der Waals surface area contributed by atoms with E-state index in [1.165, 1.54) is 30.5 Å². The van der Waals surface area contributed by atoms with Crippen LogP contribution in [0, 0.1) is 6.92 Å². The van der Waals surface area contributed by atoms with Crippen LogP contribution in [0.15, 0.2) is 24.3 Å². The molecule has 1 atom stereocenters. The highest BCUT2D eigenvalue weighted by Crippen LogP contribution is 2.04. The molecule has 1 heterocycles. The molecule has 96 valence electrons. The quantitative estimate of drug-likeness (QED) is 0.862. The van der Waals surface area contributed by atoms with Gasteiger partial charge in [-0.15, -0.1) is 12.4 Å². The highest BCUT2D eigenvalue weighted by molar-refractivity contribution is 5.85. The van der Waals surface area contributed by atoms with Crippen molar-refractivity contribution in [2.75, 3.05) is 19.6 Å². The summed E-state index contributed by atoms with van der Waals surface area (Å²) in [6.07, 6.45) is 3.76. The number of aryl methyl sites for hydroxylation is 1. The molecule has 0 amide bonds. The summed E-state index contributed by atoms with van der Waals surface area (Å²) >= 11 is 0. The van der Waals surface area contributed by atoms with E-state index >= 15 is 0 Å². The van der Waals surface area contributed by atoms with Crippen molar-refractivity contribution in [1.29, 1.82) is 0 Å². The number of rotatable bonds is 4. The maximum Gasteiger partial charge on any atom is 0.0193 e. The second kappa shape index (κ2) is 7.70. The Morgan fingerprint density at radius 3 is 2.71 bits per heavy atom. The average molecular weight is 255 g/mol. The molecule has 1 fully saturated rings. The van der Waals surface area contributed by atoms with Crippen molar-refractivity contribution in [2.24, 2.45) is 0 Å². The van der Waals surface area contributed by atoms with E-state index < -0.39 is 0 Å². The largest absolute Gasteiger partial charge is 0.315 e. The van der Waals surface area contributed by atoms with Crippen LogP contribution in [0.25, 0.3) is 0 Å². The van der Waals surface area contributed by atoms with E-state index in [-0.39, 0.29) is 12.4 Å². The molecular formula is C14H23ClN2. The standard InChI is InChI=1S/C14H22N2.ClH/c1-12-4-6-13(7-5-12)8-10-16-14-3-2-9-15-11-14;/h4-7,14-16H,2-3,8-11H2,1H3;1H. The van der Waals surface area contributed by atoms with Crippen LogP contribution >= 0.6 is 12.4 Å². The molecule has 1 aliphatic rings. The Bertz CT molecular complexity index is 305. The van der Waals surface area contributed by atoms with Crippen molar-refractivity contribution in [3.8, 4) is 0 Å². The molecule has 0 saturated carbocycles. The van der Waals surface area contributed by atoms with Gasteiger partial charge >= 0.3 is 0 Å². The first kappa shape index (κ1) is 14.5. The zero-order valence-electron chi connectivity index (χ0n) is 10.5. The van der Waals surface area contributed by atoms with Crippen LogP contribution in [-0.2, 0) is 6.42 Å². The molecule has 1 unspecified atom stereocenters. The predicted octanol–water partition coefficient (Wildman–Crippen LogP) is 2.30. The smallest absolute Gasteiger partial charge is 0.0193 e. The van der Waals surface area contributed by atoms with Crippen LogP contribution in [0.1, 0.15) is 24.0 Å². The average Bonchev–Trinajstić information content (AvgIpc) is 2.33. The highest BCUT2D eigenvalue weighted by Gasteiger charge is 2.10. The maximum atomic E-state index is 3.62. The van der Waals surface area contributed by atoms with E-state index in [1.807, 2.05) is 0 Å². The van der Waals surface area contributed by atoms with E-state index in [4.69, 9.17) is 0 Å². The first-order chi connectivity index (χ1) is 7.84. The van der Waals surface area contributed by atoms with E-state index in [1.54, 1.807) is 0 Å². The zero-order chi connectivity index (χ0) is 11.2. The van der Waals surface area contributed by atoms with Gasteiger partial charge in [0, 0.05) is 12.6 Å². The molecule has 1 aliphatic heterocycles. The van der Waals surface area contributed by atoms with E-state index in [0.29, 0.717) is 6.04 Å². The molecule has 0 aliphatic carbocycles. The third-order valence-electron chi connectivity index (χ3n) is 3.26. The molecule has 0 spiro atoms. The summed E-state index contributed by atoms with van der Waals surface area (Å²) in [6.45, 7) is 5.55. The van der Waals surface area contributed by atoms with Gasteiger partial charge in [-0.25, -0.2) is 0 Å². The number of piperidine rings is 1. The van der Waals surface area contributed by atoms with Gasteiger partial charge < -0.3 is 10.6 Å². The summed E-state index contributed by atoms with van der Waals surface area (Å²) in [4.78, 5) is 0. The van der Waals surface area contributed by atoms with E-state index in [9.17, 15) is 0 Å². The van der Waals surface area contributed by atoms with Gasteiger partial charge in [-0.3, -0.25) is 0 Å². The van der Waals surface area contributed by atoms with Crippen molar-refractivity contribution in [3.63, 3.8) is 0 Å². The second-order valence-corrected chi connectivity index (χ2v) is 4.73. The topological polar surface area (TPSA) is 24.1 Å². The lowest BCUT2D eigenvalue weighted by Crippen LogP contribution is -2.43. The molecule has 3 heteroatoms. The fraction of sp³-hybridized carbons (Fsp3) is 0.571. The van der Waals surface area contributed by atoms with E-state index in [2.05, 4.69) is 41.8 Å². The Balaban J connectivity index is 0.00000144. The maximum absolute atomic E-state index is 3.62. The Hall–Kier alpha value is -0.570. The molecule has 1 saturated heterocycles. The van der Waals surface area contributed by atoms with Crippen LogP contribution in [0.3, 0.4) is 0 Å². The lowest BCUT2D eigenvalue weighted by molar-refractivity contribution is 0.392. The molecule has 0 bridgehead atoms. The fourth-order valence-corrected chi connectivity index (χ4v) is 2.20. The molecule has 2 nitrogen and oxygen atoms in total. The van der Waals surface area contributed by atoms with Gasteiger partial charge in [-0.05, 0) is 44.8 Å². The molecule has 0 aromatic heterocycles. The van der Waals surface area contributed by atoms with Crippen LogP contribution in [0.2, 0.25) is 0 Å². The lowest BCUT2D eigenvalue weighted by Gasteiger charge is -2.23. The Labute approximate surface area is 111 Å². The number of halogens is 1. The number of nitrogens with one attached hydrogen (secondary N) is 2. The highest BCUT2D eigenvalue weighted by atomic mass is 35.5.